The second-order valence-electron chi connectivity index (χ2n) is 4.99. The maximum atomic E-state index is 11.8. The van der Waals surface area contributed by atoms with Crippen molar-refractivity contribution in [2.75, 3.05) is 14.2 Å². The summed E-state index contributed by atoms with van der Waals surface area (Å²) < 4.78 is 10.8. The highest BCUT2D eigenvalue weighted by Crippen LogP contribution is 2.33. The highest BCUT2D eigenvalue weighted by atomic mass is 16.5. The van der Waals surface area contributed by atoms with Crippen molar-refractivity contribution >= 4 is 5.97 Å². The number of methoxy groups -OCH3 is 1. The van der Waals surface area contributed by atoms with Crippen LogP contribution in [0.5, 0.6) is 0 Å². The highest BCUT2D eigenvalue weighted by Gasteiger charge is 2.45. The van der Waals surface area contributed by atoms with Crippen molar-refractivity contribution in [3.63, 3.8) is 0 Å². The lowest BCUT2D eigenvalue weighted by Gasteiger charge is -2.25. The van der Waals surface area contributed by atoms with E-state index in [1.165, 1.54) is 7.11 Å². The van der Waals surface area contributed by atoms with Crippen molar-refractivity contribution in [1.82, 2.24) is 5.32 Å². The number of hydrogen-bond acceptors (Lipinski definition) is 4. The summed E-state index contributed by atoms with van der Waals surface area (Å²) in [6.07, 6.45) is 2.41. The Hall–Kier alpha value is -1.39. The van der Waals surface area contributed by atoms with Gasteiger partial charge in [-0.15, -0.1) is 0 Å². The molecule has 4 nitrogen and oxygen atoms in total. The Bertz CT molecular complexity index is 421. The second kappa shape index (κ2) is 6.17. The molecule has 1 aromatic rings. The van der Waals surface area contributed by atoms with E-state index in [-0.39, 0.29) is 12.1 Å². The summed E-state index contributed by atoms with van der Waals surface area (Å²) in [5.41, 5.74) is 0.582. The number of ether oxygens (including phenoxy) is 2. The van der Waals surface area contributed by atoms with Gasteiger partial charge in [0.05, 0.1) is 19.8 Å². The molecule has 0 aliphatic heterocycles. The van der Waals surface area contributed by atoms with Crippen LogP contribution in [0.2, 0.25) is 0 Å². The zero-order valence-electron chi connectivity index (χ0n) is 11.5. The van der Waals surface area contributed by atoms with Crippen molar-refractivity contribution in [2.45, 2.75) is 37.5 Å². The summed E-state index contributed by atoms with van der Waals surface area (Å²) in [6.45, 7) is 0.590. The van der Waals surface area contributed by atoms with E-state index in [2.05, 4.69) is 5.32 Å². The van der Waals surface area contributed by atoms with E-state index >= 15 is 0 Å². The molecular formula is C15H21NO3. The van der Waals surface area contributed by atoms with E-state index < -0.39 is 5.54 Å². The van der Waals surface area contributed by atoms with Gasteiger partial charge in [-0.05, 0) is 25.5 Å². The average molecular weight is 263 g/mol. The summed E-state index contributed by atoms with van der Waals surface area (Å²) >= 11 is 0. The van der Waals surface area contributed by atoms with Crippen molar-refractivity contribution in [2.24, 2.45) is 0 Å². The number of hydrogen-bond donors (Lipinski definition) is 1. The van der Waals surface area contributed by atoms with Gasteiger partial charge in [0.25, 0.3) is 0 Å². The standard InChI is InChI=1S/C15H21NO3/c1-16-15(14(17)18-2)9-8-13(10-15)19-11-12-6-4-3-5-7-12/h3-7,13,16H,8-11H2,1-2H3. The SMILES string of the molecule is CNC1(C(=O)OC)CCC(OCc2ccccc2)C1. The van der Waals surface area contributed by atoms with Gasteiger partial charge < -0.3 is 14.8 Å². The van der Waals surface area contributed by atoms with Crippen molar-refractivity contribution in [1.29, 1.82) is 0 Å². The van der Waals surface area contributed by atoms with Crippen LogP contribution in [0.25, 0.3) is 0 Å². The van der Waals surface area contributed by atoms with Gasteiger partial charge in [0, 0.05) is 6.42 Å². The number of rotatable bonds is 5. The molecule has 0 radical (unpaired) electrons. The first kappa shape index (κ1) is 14.0. The topological polar surface area (TPSA) is 47.6 Å². The van der Waals surface area contributed by atoms with Crippen LogP contribution in [0.1, 0.15) is 24.8 Å². The lowest BCUT2D eigenvalue weighted by Crippen LogP contribution is -2.49. The minimum Gasteiger partial charge on any atom is -0.468 e. The van der Waals surface area contributed by atoms with E-state index in [0.717, 1.165) is 18.4 Å². The van der Waals surface area contributed by atoms with Crippen molar-refractivity contribution < 1.29 is 14.3 Å². The van der Waals surface area contributed by atoms with Crippen LogP contribution in [-0.2, 0) is 20.9 Å². The predicted octanol–water partition coefficient (Wildman–Crippen LogP) is 1.89. The number of nitrogens with one attached hydrogen (secondary N) is 1. The van der Waals surface area contributed by atoms with Gasteiger partial charge in [-0.25, -0.2) is 0 Å². The number of carbonyl (C=O) groups excluding carboxylic acids is 1. The molecule has 1 N–H and O–H groups in total. The lowest BCUT2D eigenvalue weighted by atomic mass is 9.98. The summed E-state index contributed by atoms with van der Waals surface area (Å²) in [7, 11) is 3.23. The van der Waals surface area contributed by atoms with E-state index in [1.54, 1.807) is 7.05 Å². The summed E-state index contributed by atoms with van der Waals surface area (Å²) in [6, 6.07) is 10.1. The maximum Gasteiger partial charge on any atom is 0.326 e. The summed E-state index contributed by atoms with van der Waals surface area (Å²) in [5, 5.41) is 3.10. The molecule has 1 saturated carbocycles. The summed E-state index contributed by atoms with van der Waals surface area (Å²) in [5.74, 6) is -0.194. The van der Waals surface area contributed by atoms with E-state index in [4.69, 9.17) is 9.47 Å². The monoisotopic (exact) mass is 263 g/mol. The van der Waals surface area contributed by atoms with Crippen LogP contribution in [0.4, 0.5) is 0 Å². The molecule has 0 heterocycles. The molecule has 2 rings (SSSR count). The maximum absolute atomic E-state index is 11.8. The first-order chi connectivity index (χ1) is 9.20. The molecule has 0 bridgehead atoms. The molecule has 0 saturated heterocycles. The Morgan fingerprint density at radius 3 is 2.79 bits per heavy atom. The molecule has 2 unspecified atom stereocenters. The first-order valence-electron chi connectivity index (χ1n) is 6.63. The molecular weight excluding hydrogens is 242 g/mol. The zero-order chi connectivity index (χ0) is 13.7. The minimum atomic E-state index is -0.573. The molecule has 104 valence electrons. The van der Waals surface area contributed by atoms with Gasteiger partial charge in [-0.3, -0.25) is 4.79 Å². The molecule has 1 aromatic carbocycles. The Morgan fingerprint density at radius 1 is 1.42 bits per heavy atom. The highest BCUT2D eigenvalue weighted by molar-refractivity contribution is 5.81. The fourth-order valence-electron chi connectivity index (χ4n) is 2.64. The molecule has 19 heavy (non-hydrogen) atoms. The smallest absolute Gasteiger partial charge is 0.326 e. The normalized spacial score (nSPS) is 26.3. The van der Waals surface area contributed by atoms with Crippen LogP contribution in [-0.4, -0.2) is 31.8 Å². The summed E-state index contributed by atoms with van der Waals surface area (Å²) in [4.78, 5) is 11.8. The van der Waals surface area contributed by atoms with Gasteiger partial charge >= 0.3 is 5.97 Å². The molecule has 1 fully saturated rings. The quantitative estimate of drug-likeness (QED) is 0.824. The van der Waals surface area contributed by atoms with Gasteiger partial charge in [0.1, 0.15) is 5.54 Å². The van der Waals surface area contributed by atoms with Crippen molar-refractivity contribution in [3.05, 3.63) is 35.9 Å². The number of esters is 1. The largest absolute Gasteiger partial charge is 0.468 e. The minimum absolute atomic E-state index is 0.103. The molecule has 2 atom stereocenters. The zero-order valence-corrected chi connectivity index (χ0v) is 11.5. The van der Waals surface area contributed by atoms with Gasteiger partial charge in [0.2, 0.25) is 0 Å². The average Bonchev–Trinajstić information content (AvgIpc) is 2.90. The fraction of sp³-hybridized carbons (Fsp3) is 0.533. The third kappa shape index (κ3) is 3.14. The van der Waals surface area contributed by atoms with Crippen LogP contribution in [0, 0.1) is 0 Å². The molecule has 0 aromatic heterocycles. The molecule has 0 spiro atoms. The van der Waals surface area contributed by atoms with E-state index in [1.807, 2.05) is 30.3 Å². The lowest BCUT2D eigenvalue weighted by molar-refractivity contribution is -0.148. The number of benzene rings is 1. The van der Waals surface area contributed by atoms with Crippen LogP contribution in [0.15, 0.2) is 30.3 Å². The third-order valence-electron chi connectivity index (χ3n) is 3.85. The number of carbonyl (C=O) groups is 1. The molecule has 1 aliphatic rings. The molecule has 4 heteroatoms. The van der Waals surface area contributed by atoms with Gasteiger partial charge in [0.15, 0.2) is 0 Å². The van der Waals surface area contributed by atoms with Crippen LogP contribution >= 0.6 is 0 Å². The molecule has 1 aliphatic carbocycles. The van der Waals surface area contributed by atoms with Crippen LogP contribution < -0.4 is 5.32 Å². The Labute approximate surface area is 114 Å². The molecule has 0 amide bonds. The Balaban J connectivity index is 1.89. The second-order valence-corrected chi connectivity index (χ2v) is 4.99. The van der Waals surface area contributed by atoms with Gasteiger partial charge in [-0.2, -0.15) is 0 Å². The van der Waals surface area contributed by atoms with Gasteiger partial charge in [-0.1, -0.05) is 30.3 Å². The van der Waals surface area contributed by atoms with Crippen molar-refractivity contribution in [3.8, 4) is 0 Å². The Kier molecular flexibility index (Phi) is 4.56. The van der Waals surface area contributed by atoms with E-state index in [0.29, 0.717) is 13.0 Å². The third-order valence-corrected chi connectivity index (χ3v) is 3.85. The predicted molar refractivity (Wildman–Crippen MR) is 72.7 cm³/mol. The van der Waals surface area contributed by atoms with E-state index in [9.17, 15) is 4.79 Å². The van der Waals surface area contributed by atoms with Crippen LogP contribution in [0.3, 0.4) is 0 Å². The fourth-order valence-corrected chi connectivity index (χ4v) is 2.64. The number of likely N-dealkylation sites (N-methyl/N-ethyl adjacent to an activating group) is 1. The first-order valence-corrected chi connectivity index (χ1v) is 6.63. The Morgan fingerprint density at radius 2 is 2.16 bits per heavy atom.